The van der Waals surface area contributed by atoms with Gasteiger partial charge < -0.3 is 26.2 Å². The number of ketones is 4. The highest BCUT2D eigenvalue weighted by Crippen LogP contribution is 2.42. The van der Waals surface area contributed by atoms with Crippen LogP contribution in [0, 0.1) is 27.6 Å². The first-order valence-electron chi connectivity index (χ1n) is 21.3. The van der Waals surface area contributed by atoms with Crippen LogP contribution in [0.25, 0.3) is 0 Å². The number of hydrogen-bond acceptors (Lipinski definition) is 9. The zero-order valence-electron chi connectivity index (χ0n) is 36.8. The van der Waals surface area contributed by atoms with Crippen LogP contribution in [0.4, 0.5) is 0 Å². The molecular weight excluding hydrogens is 675 g/mol. The fourth-order valence-corrected chi connectivity index (χ4v) is 8.15. The van der Waals surface area contributed by atoms with E-state index in [-0.39, 0.29) is 44.8 Å². The number of nitrogens with zero attached hydrogens (tertiary/aromatic N) is 2. The Bertz CT molecular complexity index is 1290. The van der Waals surface area contributed by atoms with Gasteiger partial charge in [-0.05, 0) is 92.2 Å². The summed E-state index contributed by atoms with van der Waals surface area (Å²) in [6.45, 7) is 33.1. The molecule has 9 heteroatoms. The molecule has 0 bridgehead atoms. The molecule has 2 fully saturated rings. The predicted octanol–water partition coefficient (Wildman–Crippen LogP) is 7.63. The quantitative estimate of drug-likeness (QED) is 0.0674. The van der Waals surface area contributed by atoms with Crippen molar-refractivity contribution in [2.24, 2.45) is 33.3 Å². The van der Waals surface area contributed by atoms with Gasteiger partial charge in [0.15, 0.2) is 23.1 Å². The van der Waals surface area contributed by atoms with Crippen molar-refractivity contribution in [2.45, 2.75) is 154 Å². The van der Waals surface area contributed by atoms with E-state index in [0.717, 1.165) is 82.8 Å². The van der Waals surface area contributed by atoms with Crippen molar-refractivity contribution in [2.75, 3.05) is 58.9 Å². The second-order valence-corrected chi connectivity index (χ2v) is 20.1. The van der Waals surface area contributed by atoms with Gasteiger partial charge in [0.25, 0.3) is 0 Å². The molecule has 0 heterocycles. The molecule has 0 spiro atoms. The summed E-state index contributed by atoms with van der Waals surface area (Å²) in [5.41, 5.74) is 7.16. The maximum atomic E-state index is 13.6. The second-order valence-electron chi connectivity index (χ2n) is 20.1. The number of carbonyl (C=O) groups excluding carboxylic acids is 4. The molecule has 0 saturated heterocycles. The molecule has 0 aromatic heterocycles. The lowest BCUT2D eigenvalue weighted by Gasteiger charge is -2.36. The Kier molecular flexibility index (Phi) is 18.8. The van der Waals surface area contributed by atoms with E-state index >= 15 is 0 Å². The van der Waals surface area contributed by atoms with E-state index in [4.69, 9.17) is 5.73 Å². The third-order valence-corrected chi connectivity index (χ3v) is 11.1. The zero-order valence-corrected chi connectivity index (χ0v) is 36.8. The van der Waals surface area contributed by atoms with E-state index in [1.54, 1.807) is 0 Å². The highest BCUT2D eigenvalue weighted by Gasteiger charge is 2.40. The van der Waals surface area contributed by atoms with Crippen molar-refractivity contribution >= 4 is 23.1 Å². The molecule has 54 heavy (non-hydrogen) atoms. The molecule has 2 aliphatic rings. The predicted molar refractivity (Wildman–Crippen MR) is 224 cm³/mol. The number of nitrogens with two attached hydrogens (primary N) is 1. The van der Waals surface area contributed by atoms with E-state index in [0.29, 0.717) is 75.2 Å². The monoisotopic (exact) mass is 756 g/mol. The summed E-state index contributed by atoms with van der Waals surface area (Å²) in [5, 5.41) is 7.23. The Morgan fingerprint density at radius 3 is 1.30 bits per heavy atom. The first-order chi connectivity index (χ1) is 25.0. The van der Waals surface area contributed by atoms with E-state index in [1.807, 2.05) is 27.7 Å². The fraction of sp³-hybridized carbons (Fsp3) is 0.822. The molecule has 0 aliphatic heterocycles. The van der Waals surface area contributed by atoms with Crippen LogP contribution in [0.15, 0.2) is 22.5 Å². The number of rotatable bonds is 24. The molecule has 0 atom stereocenters. The molecule has 4 N–H and O–H groups in total. The van der Waals surface area contributed by atoms with Crippen LogP contribution in [-0.2, 0) is 19.2 Å². The maximum Gasteiger partial charge on any atom is 0.168 e. The van der Waals surface area contributed by atoms with Crippen molar-refractivity contribution in [3.8, 4) is 0 Å². The van der Waals surface area contributed by atoms with Crippen LogP contribution in [0.2, 0.25) is 0 Å². The summed E-state index contributed by atoms with van der Waals surface area (Å²) in [4.78, 5) is 59.1. The first-order valence-corrected chi connectivity index (χ1v) is 21.3. The number of carbonyl (C=O) groups is 4. The third-order valence-electron chi connectivity index (χ3n) is 11.1. The van der Waals surface area contributed by atoms with Crippen molar-refractivity contribution in [1.29, 1.82) is 0 Å². The van der Waals surface area contributed by atoms with Crippen molar-refractivity contribution in [3.05, 3.63) is 22.5 Å². The smallest absolute Gasteiger partial charge is 0.168 e. The fourth-order valence-electron chi connectivity index (χ4n) is 8.15. The molecule has 0 radical (unpaired) electrons. The number of hydrogen-bond donors (Lipinski definition) is 3. The van der Waals surface area contributed by atoms with Gasteiger partial charge in [0, 0.05) is 76.3 Å². The van der Waals surface area contributed by atoms with Gasteiger partial charge in [-0.3, -0.25) is 19.2 Å². The average molecular weight is 756 g/mol. The number of allylic oxidation sites excluding steroid dienone is 4. The van der Waals surface area contributed by atoms with Crippen LogP contribution < -0.4 is 16.4 Å². The molecule has 0 unspecified atom stereocenters. The van der Waals surface area contributed by atoms with Gasteiger partial charge in [-0.25, -0.2) is 0 Å². The first kappa shape index (κ1) is 47.8. The normalized spacial score (nSPS) is 18.0. The number of nitrogens with one attached hydrogen (secondary N) is 2. The second kappa shape index (κ2) is 21.2. The van der Waals surface area contributed by atoms with E-state index in [9.17, 15) is 19.2 Å². The Labute approximate surface area is 330 Å². The SMILES string of the molecule is CCCN(CCC)CCNC(CC(C)(C)CCC(C)(C)CC(NCCN(CCN)CCC(C)C)=C1C(=O)CC(C)(C)CC1=O)=C1C(=O)CC(C)(C)CC1=O. The molecule has 2 saturated carbocycles. The van der Waals surface area contributed by atoms with Crippen molar-refractivity contribution in [3.63, 3.8) is 0 Å². The summed E-state index contributed by atoms with van der Waals surface area (Å²) in [7, 11) is 0. The minimum Gasteiger partial charge on any atom is -0.386 e. The molecule has 310 valence electrons. The highest BCUT2D eigenvalue weighted by molar-refractivity contribution is 6.23. The van der Waals surface area contributed by atoms with Gasteiger partial charge in [-0.15, -0.1) is 0 Å². The maximum absolute atomic E-state index is 13.6. The van der Waals surface area contributed by atoms with Crippen LogP contribution in [-0.4, -0.2) is 91.8 Å². The summed E-state index contributed by atoms with van der Waals surface area (Å²) in [5.74, 6) is 0.392. The molecule has 0 amide bonds. The van der Waals surface area contributed by atoms with Gasteiger partial charge in [-0.2, -0.15) is 0 Å². The Balaban J connectivity index is 2.32. The van der Waals surface area contributed by atoms with Gasteiger partial charge >= 0.3 is 0 Å². The average Bonchev–Trinajstić information content (AvgIpc) is 3.00. The summed E-state index contributed by atoms with van der Waals surface area (Å²) < 4.78 is 0. The summed E-state index contributed by atoms with van der Waals surface area (Å²) >= 11 is 0. The molecule has 2 rings (SSSR count). The minimum atomic E-state index is -0.335. The van der Waals surface area contributed by atoms with E-state index in [2.05, 4.69) is 75.8 Å². The Morgan fingerprint density at radius 2 is 0.981 bits per heavy atom. The summed E-state index contributed by atoms with van der Waals surface area (Å²) in [6, 6.07) is 0. The molecule has 0 aromatic rings. The van der Waals surface area contributed by atoms with Gasteiger partial charge in [0.1, 0.15) is 0 Å². The largest absolute Gasteiger partial charge is 0.386 e. The lowest BCUT2D eigenvalue weighted by molar-refractivity contribution is -0.129. The lowest BCUT2D eigenvalue weighted by atomic mass is 9.70. The molecule has 0 aromatic carbocycles. The van der Waals surface area contributed by atoms with Crippen molar-refractivity contribution < 1.29 is 19.2 Å². The van der Waals surface area contributed by atoms with Crippen LogP contribution in [0.5, 0.6) is 0 Å². The van der Waals surface area contributed by atoms with Crippen LogP contribution >= 0.6 is 0 Å². The Morgan fingerprint density at radius 1 is 0.630 bits per heavy atom. The number of Topliss-reactive ketones (excluding diaryl/α,β-unsaturated/α-hetero) is 4. The lowest BCUT2D eigenvalue weighted by Crippen LogP contribution is -2.39. The third kappa shape index (κ3) is 16.4. The van der Waals surface area contributed by atoms with Crippen molar-refractivity contribution in [1.82, 2.24) is 20.4 Å². The Hall–Kier alpha value is -2.36. The molecule has 9 nitrogen and oxygen atoms in total. The van der Waals surface area contributed by atoms with E-state index < -0.39 is 0 Å². The zero-order chi connectivity index (χ0) is 40.9. The summed E-state index contributed by atoms with van der Waals surface area (Å²) in [6.07, 6.45) is 7.64. The topological polar surface area (TPSA) is 125 Å². The minimum absolute atomic E-state index is 0.0459. The molecule has 2 aliphatic carbocycles. The van der Waals surface area contributed by atoms with Gasteiger partial charge in [0.05, 0.1) is 11.1 Å². The van der Waals surface area contributed by atoms with Gasteiger partial charge in [0.2, 0.25) is 0 Å². The van der Waals surface area contributed by atoms with Crippen LogP contribution in [0.1, 0.15) is 154 Å². The standard InChI is InChI=1S/C45H81N5O4/c1-13-21-49(22-14-2)25-19-47-34(40-36(51)29-44(9,10)30-37(40)52)27-42(5,6)16-17-43(7,8)28-35(41-38(53)31-45(11,12)32-39(41)54)48-20-26-50(24-18-46)23-15-33(3)4/h33,47-48H,13-32,46H2,1-12H3. The highest BCUT2D eigenvalue weighted by atomic mass is 16.2. The molecular formula is C45H81N5O4. The van der Waals surface area contributed by atoms with E-state index in [1.165, 1.54) is 0 Å². The van der Waals surface area contributed by atoms with Crippen LogP contribution in [0.3, 0.4) is 0 Å². The van der Waals surface area contributed by atoms with Gasteiger partial charge in [-0.1, -0.05) is 83.1 Å².